The fraction of sp³-hybridized carbons (Fsp3) is 0.333. The number of hydrogen-bond donors (Lipinski definition) is 1. The number of carbonyl (C=O) groups excluding carboxylic acids is 1. The number of nitrogens with one attached hydrogen (secondary N) is 1. The molecule has 144 valence electrons. The monoisotopic (exact) mass is 377 g/mol. The first-order valence-electron chi connectivity index (χ1n) is 9.34. The summed E-state index contributed by atoms with van der Waals surface area (Å²) >= 11 is 0. The predicted molar refractivity (Wildman–Crippen MR) is 106 cm³/mol. The molecule has 0 aliphatic carbocycles. The van der Waals surface area contributed by atoms with Gasteiger partial charge in [-0.1, -0.05) is 19.9 Å². The van der Waals surface area contributed by atoms with Gasteiger partial charge in [-0.2, -0.15) is 5.10 Å². The van der Waals surface area contributed by atoms with Gasteiger partial charge in [0.15, 0.2) is 0 Å². The van der Waals surface area contributed by atoms with Crippen LogP contribution in [0.4, 0.5) is 5.82 Å². The van der Waals surface area contributed by atoms with Crippen LogP contribution in [0.25, 0.3) is 0 Å². The molecule has 7 nitrogen and oxygen atoms in total. The molecule has 1 atom stereocenters. The highest BCUT2D eigenvalue weighted by Crippen LogP contribution is 2.45. The van der Waals surface area contributed by atoms with Crippen LogP contribution in [0.15, 0.2) is 36.7 Å². The van der Waals surface area contributed by atoms with Crippen LogP contribution < -0.4 is 9.64 Å². The topological polar surface area (TPSA) is 84.0 Å². The van der Waals surface area contributed by atoms with Crippen molar-refractivity contribution in [1.29, 1.82) is 0 Å². The molecule has 0 saturated carbocycles. The molecule has 1 amide bonds. The molecule has 1 aliphatic heterocycles. The molecule has 0 saturated heterocycles. The summed E-state index contributed by atoms with van der Waals surface area (Å²) in [5.41, 5.74) is 4.03. The van der Waals surface area contributed by atoms with Gasteiger partial charge in [-0.05, 0) is 43.0 Å². The van der Waals surface area contributed by atoms with E-state index in [-0.39, 0.29) is 5.91 Å². The molecule has 3 aromatic rings. The number of anilines is 1. The molecular weight excluding hydrogens is 354 g/mol. The number of aryl methyl sites for hydroxylation is 1. The first-order chi connectivity index (χ1) is 13.5. The van der Waals surface area contributed by atoms with Crippen molar-refractivity contribution < 1.29 is 9.53 Å². The second-order valence-corrected chi connectivity index (χ2v) is 7.38. The minimum Gasteiger partial charge on any atom is -0.481 e. The highest BCUT2D eigenvalue weighted by molar-refractivity contribution is 6.10. The maximum atomic E-state index is 13.4. The summed E-state index contributed by atoms with van der Waals surface area (Å²) in [6.07, 6.45) is 4.15. The fourth-order valence-corrected chi connectivity index (χ4v) is 3.78. The van der Waals surface area contributed by atoms with Crippen LogP contribution >= 0.6 is 0 Å². The molecule has 1 N–H and O–H groups in total. The van der Waals surface area contributed by atoms with Gasteiger partial charge >= 0.3 is 0 Å². The van der Waals surface area contributed by atoms with Gasteiger partial charge in [0, 0.05) is 23.5 Å². The summed E-state index contributed by atoms with van der Waals surface area (Å²) in [4.78, 5) is 24.0. The van der Waals surface area contributed by atoms with Gasteiger partial charge in [0.25, 0.3) is 5.91 Å². The third kappa shape index (κ3) is 2.83. The molecule has 0 radical (unpaired) electrons. The first-order valence-corrected chi connectivity index (χ1v) is 9.34. The van der Waals surface area contributed by atoms with Gasteiger partial charge in [0.05, 0.1) is 18.8 Å². The van der Waals surface area contributed by atoms with Crippen LogP contribution in [0.5, 0.6) is 5.88 Å². The van der Waals surface area contributed by atoms with Crippen molar-refractivity contribution >= 4 is 11.7 Å². The Morgan fingerprint density at radius 2 is 1.96 bits per heavy atom. The van der Waals surface area contributed by atoms with Gasteiger partial charge in [-0.25, -0.2) is 9.97 Å². The lowest BCUT2D eigenvalue weighted by atomic mass is 9.96. The maximum Gasteiger partial charge on any atom is 0.278 e. The van der Waals surface area contributed by atoms with E-state index in [1.165, 1.54) is 0 Å². The predicted octanol–water partition coefficient (Wildman–Crippen LogP) is 3.47. The Morgan fingerprint density at radius 3 is 2.68 bits per heavy atom. The molecule has 3 aromatic heterocycles. The number of ether oxygens (including phenoxy) is 1. The number of amides is 1. The number of pyridine rings is 2. The lowest BCUT2D eigenvalue weighted by Gasteiger charge is -2.27. The maximum absolute atomic E-state index is 13.4. The van der Waals surface area contributed by atoms with Gasteiger partial charge < -0.3 is 4.74 Å². The number of nitrogens with zero attached hydrogens (tertiary/aromatic N) is 4. The summed E-state index contributed by atoms with van der Waals surface area (Å²) < 4.78 is 5.52. The van der Waals surface area contributed by atoms with E-state index in [1.54, 1.807) is 24.4 Å². The van der Waals surface area contributed by atoms with Crippen molar-refractivity contribution in [2.75, 3.05) is 12.0 Å². The minimum absolute atomic E-state index is 0.143. The van der Waals surface area contributed by atoms with Crippen molar-refractivity contribution in [2.24, 2.45) is 5.92 Å². The Bertz CT molecular complexity index is 1030. The zero-order valence-corrected chi connectivity index (χ0v) is 16.4. The molecule has 28 heavy (non-hydrogen) atoms. The normalized spacial score (nSPS) is 16.0. The summed E-state index contributed by atoms with van der Waals surface area (Å²) in [7, 11) is 1.59. The largest absolute Gasteiger partial charge is 0.481 e. The molecule has 0 spiro atoms. The van der Waals surface area contributed by atoms with E-state index in [9.17, 15) is 4.79 Å². The van der Waals surface area contributed by atoms with E-state index in [4.69, 9.17) is 4.74 Å². The van der Waals surface area contributed by atoms with Crippen LogP contribution in [-0.2, 0) is 6.42 Å². The van der Waals surface area contributed by atoms with Crippen LogP contribution in [0.3, 0.4) is 0 Å². The number of rotatable bonds is 5. The highest BCUT2D eigenvalue weighted by Gasteiger charge is 2.45. The zero-order chi connectivity index (χ0) is 19.8. The SMILES string of the molecule is COc1ncccc1C1c2c(CC(C)C)n[nH]c2C(=O)N1c1ncccc1C. The quantitative estimate of drug-likeness (QED) is 0.736. The molecule has 0 bridgehead atoms. The molecule has 0 fully saturated rings. The van der Waals surface area contributed by atoms with Gasteiger partial charge in [0.2, 0.25) is 5.88 Å². The Hall–Kier alpha value is -3.22. The molecule has 0 aromatic carbocycles. The molecule has 1 unspecified atom stereocenters. The van der Waals surface area contributed by atoms with Gasteiger partial charge in [-0.15, -0.1) is 0 Å². The number of aromatic amines is 1. The summed E-state index contributed by atoms with van der Waals surface area (Å²) in [6.45, 7) is 6.23. The van der Waals surface area contributed by atoms with Gasteiger partial charge in [0.1, 0.15) is 11.5 Å². The van der Waals surface area contributed by atoms with Crippen LogP contribution in [0.2, 0.25) is 0 Å². The number of fused-ring (bicyclic) bond motifs is 1. The third-order valence-corrected chi connectivity index (χ3v) is 4.95. The van der Waals surface area contributed by atoms with Gasteiger partial charge in [-0.3, -0.25) is 14.8 Å². The Balaban J connectivity index is 1.95. The van der Waals surface area contributed by atoms with Crippen molar-refractivity contribution in [1.82, 2.24) is 20.2 Å². The van der Waals surface area contributed by atoms with E-state index >= 15 is 0 Å². The van der Waals surface area contributed by atoms with Crippen LogP contribution in [-0.4, -0.2) is 33.2 Å². The van der Waals surface area contributed by atoms with Crippen molar-refractivity contribution in [3.05, 3.63) is 64.7 Å². The molecule has 4 rings (SSSR count). The molecule has 4 heterocycles. The van der Waals surface area contributed by atoms with Crippen LogP contribution in [0.1, 0.15) is 52.8 Å². The lowest BCUT2D eigenvalue weighted by molar-refractivity contribution is 0.0987. The molecular formula is C21H23N5O2. The second-order valence-electron chi connectivity index (χ2n) is 7.38. The Kier molecular flexibility index (Phi) is 4.58. The number of carbonyl (C=O) groups is 1. The number of hydrogen-bond acceptors (Lipinski definition) is 5. The average molecular weight is 377 g/mol. The fourth-order valence-electron chi connectivity index (χ4n) is 3.78. The number of H-pyrrole nitrogens is 1. The number of aromatic nitrogens is 4. The van der Waals surface area contributed by atoms with E-state index in [0.717, 1.165) is 28.8 Å². The zero-order valence-electron chi connectivity index (χ0n) is 16.4. The van der Waals surface area contributed by atoms with E-state index in [0.29, 0.717) is 23.3 Å². The standard InChI is InChI=1S/C21H23N5O2/c1-12(2)11-15-16-17(25-24-15)21(27)26(19-13(3)7-5-9-22-19)18(16)14-8-6-10-23-20(14)28-4/h5-10,12,18H,11H2,1-4H3,(H,24,25). The number of methoxy groups -OCH3 is 1. The van der Waals surface area contributed by atoms with Crippen molar-refractivity contribution in [3.63, 3.8) is 0 Å². The molecule has 7 heteroatoms. The minimum atomic E-state index is -0.396. The highest BCUT2D eigenvalue weighted by atomic mass is 16.5. The summed E-state index contributed by atoms with van der Waals surface area (Å²) in [5.74, 6) is 1.38. The lowest BCUT2D eigenvalue weighted by Crippen LogP contribution is -2.31. The Labute approximate surface area is 163 Å². The Morgan fingerprint density at radius 1 is 1.21 bits per heavy atom. The van der Waals surface area contributed by atoms with E-state index < -0.39 is 6.04 Å². The van der Waals surface area contributed by atoms with Crippen LogP contribution in [0, 0.1) is 12.8 Å². The average Bonchev–Trinajstić information content (AvgIpc) is 3.21. The first kappa shape index (κ1) is 18.2. The van der Waals surface area contributed by atoms with Crippen molar-refractivity contribution in [2.45, 2.75) is 33.2 Å². The molecule has 1 aliphatic rings. The smallest absolute Gasteiger partial charge is 0.278 e. The van der Waals surface area contributed by atoms with E-state index in [1.807, 2.05) is 31.2 Å². The van der Waals surface area contributed by atoms with E-state index in [2.05, 4.69) is 34.0 Å². The summed E-state index contributed by atoms with van der Waals surface area (Å²) in [6, 6.07) is 7.21. The summed E-state index contributed by atoms with van der Waals surface area (Å²) in [5, 5.41) is 7.42. The van der Waals surface area contributed by atoms with Crippen molar-refractivity contribution in [3.8, 4) is 5.88 Å². The second kappa shape index (κ2) is 7.07. The third-order valence-electron chi connectivity index (χ3n) is 4.95.